The maximum atomic E-state index is 14.0. The molecule has 1 saturated carbocycles. The van der Waals surface area contributed by atoms with Crippen molar-refractivity contribution in [3.8, 4) is 5.75 Å². The maximum Gasteiger partial charge on any atom is 0.243 e. The van der Waals surface area contributed by atoms with Gasteiger partial charge in [0.05, 0.1) is 12.5 Å². The molecule has 1 aromatic rings. The third-order valence-corrected chi connectivity index (χ3v) is 6.26. The Balaban J connectivity index is 1.41. The van der Waals surface area contributed by atoms with E-state index in [-0.39, 0.29) is 29.0 Å². The van der Waals surface area contributed by atoms with Gasteiger partial charge in [-0.2, -0.15) is 0 Å². The number of benzene rings is 1. The van der Waals surface area contributed by atoms with E-state index in [1.807, 2.05) is 4.90 Å². The van der Waals surface area contributed by atoms with Crippen LogP contribution in [0.1, 0.15) is 43.6 Å². The minimum atomic E-state index is -0.405. The number of halogens is 1. The first-order chi connectivity index (χ1) is 13.0. The van der Waals surface area contributed by atoms with Crippen LogP contribution in [0.25, 0.3) is 0 Å². The SMILES string of the molecule is C=CC(=O)NC1(C2CCN(C(=O)C3CCOc4c(F)cccc43)CC2)CC1. The Morgan fingerprint density at radius 1 is 1.26 bits per heavy atom. The molecule has 1 unspecified atom stereocenters. The highest BCUT2D eigenvalue weighted by Gasteiger charge is 2.51. The minimum absolute atomic E-state index is 0.0589. The molecule has 1 atom stereocenters. The van der Waals surface area contributed by atoms with Crippen LogP contribution in [0, 0.1) is 11.7 Å². The molecule has 4 rings (SSSR count). The molecular formula is C21H25FN2O3. The fourth-order valence-corrected chi connectivity index (χ4v) is 4.58. The average Bonchev–Trinajstić information content (AvgIpc) is 3.48. The molecule has 6 heteroatoms. The molecule has 5 nitrogen and oxygen atoms in total. The summed E-state index contributed by atoms with van der Waals surface area (Å²) in [6.07, 6.45) is 5.65. The number of nitrogens with one attached hydrogen (secondary N) is 1. The van der Waals surface area contributed by atoms with E-state index >= 15 is 0 Å². The summed E-state index contributed by atoms with van der Waals surface area (Å²) in [4.78, 5) is 26.7. The van der Waals surface area contributed by atoms with Gasteiger partial charge in [0.2, 0.25) is 11.8 Å². The third kappa shape index (κ3) is 3.33. The molecule has 1 aromatic carbocycles. The molecule has 1 saturated heterocycles. The van der Waals surface area contributed by atoms with Crippen molar-refractivity contribution in [3.63, 3.8) is 0 Å². The van der Waals surface area contributed by atoms with Crippen molar-refractivity contribution in [1.29, 1.82) is 0 Å². The predicted octanol–water partition coefficient (Wildman–Crippen LogP) is 2.77. The van der Waals surface area contributed by atoms with Crippen molar-refractivity contribution in [3.05, 3.63) is 42.2 Å². The Bertz CT molecular complexity index is 767. The summed E-state index contributed by atoms with van der Waals surface area (Å²) in [6.45, 7) is 5.24. The molecule has 27 heavy (non-hydrogen) atoms. The number of likely N-dealkylation sites (tertiary alicyclic amines) is 1. The van der Waals surface area contributed by atoms with Gasteiger partial charge in [-0.25, -0.2) is 4.39 Å². The van der Waals surface area contributed by atoms with Crippen molar-refractivity contribution in [1.82, 2.24) is 10.2 Å². The molecule has 2 amide bonds. The lowest BCUT2D eigenvalue weighted by Crippen LogP contribution is -2.49. The molecule has 0 spiro atoms. The standard InChI is InChI=1S/C21H25FN2O3/c1-2-18(25)23-21(9-10-21)14-6-11-24(12-7-14)20(26)16-8-13-27-19-15(16)4-3-5-17(19)22/h2-5,14,16H,1,6-13H2,(H,23,25). The van der Waals surface area contributed by atoms with Gasteiger partial charge in [0.1, 0.15) is 0 Å². The highest BCUT2D eigenvalue weighted by atomic mass is 19.1. The van der Waals surface area contributed by atoms with Gasteiger partial charge in [-0.15, -0.1) is 0 Å². The van der Waals surface area contributed by atoms with Crippen molar-refractivity contribution in [2.45, 2.75) is 43.6 Å². The second kappa shape index (κ2) is 6.98. The fourth-order valence-electron chi connectivity index (χ4n) is 4.58. The maximum absolute atomic E-state index is 14.0. The van der Waals surface area contributed by atoms with E-state index in [4.69, 9.17) is 4.74 Å². The Hall–Kier alpha value is -2.37. The zero-order valence-corrected chi connectivity index (χ0v) is 15.4. The van der Waals surface area contributed by atoms with Crippen LogP contribution in [-0.2, 0) is 9.59 Å². The first-order valence-corrected chi connectivity index (χ1v) is 9.68. The molecule has 1 aliphatic carbocycles. The van der Waals surface area contributed by atoms with Crippen LogP contribution >= 0.6 is 0 Å². The molecule has 144 valence electrons. The largest absolute Gasteiger partial charge is 0.490 e. The first-order valence-electron chi connectivity index (χ1n) is 9.68. The van der Waals surface area contributed by atoms with Crippen molar-refractivity contribution < 1.29 is 18.7 Å². The number of para-hydroxylation sites is 1. The van der Waals surface area contributed by atoms with E-state index in [0.717, 1.165) is 25.7 Å². The van der Waals surface area contributed by atoms with Gasteiger partial charge in [-0.05, 0) is 50.2 Å². The summed E-state index contributed by atoms with van der Waals surface area (Å²) in [6, 6.07) is 4.79. The lowest BCUT2D eigenvalue weighted by Gasteiger charge is -2.38. The number of rotatable bonds is 4. The van der Waals surface area contributed by atoms with Gasteiger partial charge in [0.15, 0.2) is 11.6 Å². The molecule has 2 fully saturated rings. The Kier molecular flexibility index (Phi) is 4.66. The number of carbonyl (C=O) groups excluding carboxylic acids is 2. The highest BCUT2D eigenvalue weighted by molar-refractivity contribution is 5.88. The number of fused-ring (bicyclic) bond motifs is 1. The first kappa shape index (κ1) is 18.0. The summed E-state index contributed by atoms with van der Waals surface area (Å²) in [7, 11) is 0. The summed E-state index contributed by atoms with van der Waals surface area (Å²) >= 11 is 0. The van der Waals surface area contributed by atoms with Crippen LogP contribution in [0.4, 0.5) is 4.39 Å². The molecule has 0 bridgehead atoms. The zero-order valence-electron chi connectivity index (χ0n) is 15.4. The topological polar surface area (TPSA) is 58.6 Å². The quantitative estimate of drug-likeness (QED) is 0.827. The molecular weight excluding hydrogens is 347 g/mol. The summed E-state index contributed by atoms with van der Waals surface area (Å²) < 4.78 is 19.4. The van der Waals surface area contributed by atoms with Crippen LogP contribution in [0.3, 0.4) is 0 Å². The number of amides is 2. The van der Waals surface area contributed by atoms with Gasteiger partial charge in [0, 0.05) is 24.2 Å². The number of carbonyl (C=O) groups is 2. The van der Waals surface area contributed by atoms with Crippen molar-refractivity contribution in [2.75, 3.05) is 19.7 Å². The molecule has 0 radical (unpaired) electrons. The number of hydrogen-bond donors (Lipinski definition) is 1. The molecule has 1 N–H and O–H groups in total. The normalized spacial score (nSPS) is 23.7. The minimum Gasteiger partial charge on any atom is -0.490 e. The van der Waals surface area contributed by atoms with E-state index in [9.17, 15) is 14.0 Å². The second-order valence-corrected chi connectivity index (χ2v) is 7.80. The Labute approximate surface area is 158 Å². The fraction of sp³-hybridized carbons (Fsp3) is 0.524. The van der Waals surface area contributed by atoms with E-state index in [0.29, 0.717) is 37.6 Å². The number of nitrogens with zero attached hydrogens (tertiary/aromatic N) is 1. The van der Waals surface area contributed by atoms with E-state index in [2.05, 4.69) is 11.9 Å². The lowest BCUT2D eigenvalue weighted by atomic mass is 9.85. The van der Waals surface area contributed by atoms with Crippen molar-refractivity contribution in [2.24, 2.45) is 5.92 Å². The second-order valence-electron chi connectivity index (χ2n) is 7.80. The van der Waals surface area contributed by atoms with Crippen LogP contribution in [0.15, 0.2) is 30.9 Å². The Morgan fingerprint density at radius 2 is 2.00 bits per heavy atom. The summed E-state index contributed by atoms with van der Waals surface area (Å²) in [5.74, 6) is -0.185. The van der Waals surface area contributed by atoms with Crippen molar-refractivity contribution >= 4 is 11.8 Å². The lowest BCUT2D eigenvalue weighted by molar-refractivity contribution is -0.135. The smallest absolute Gasteiger partial charge is 0.243 e. The van der Waals surface area contributed by atoms with Crippen LogP contribution in [0.5, 0.6) is 5.75 Å². The summed E-state index contributed by atoms with van der Waals surface area (Å²) in [5.41, 5.74) is 0.555. The highest BCUT2D eigenvalue weighted by Crippen LogP contribution is 2.47. The van der Waals surface area contributed by atoms with Gasteiger partial charge < -0.3 is 15.0 Å². The van der Waals surface area contributed by atoms with Gasteiger partial charge in [-0.1, -0.05) is 18.7 Å². The molecule has 2 heterocycles. The third-order valence-electron chi connectivity index (χ3n) is 6.26. The number of ether oxygens (including phenoxy) is 1. The summed E-state index contributed by atoms with van der Waals surface area (Å²) in [5, 5.41) is 3.09. The van der Waals surface area contributed by atoms with Crippen LogP contribution in [-0.4, -0.2) is 41.9 Å². The predicted molar refractivity (Wildman–Crippen MR) is 98.9 cm³/mol. The number of piperidine rings is 1. The molecule has 2 aliphatic heterocycles. The van der Waals surface area contributed by atoms with Crippen LogP contribution < -0.4 is 10.1 Å². The van der Waals surface area contributed by atoms with Crippen LogP contribution in [0.2, 0.25) is 0 Å². The Morgan fingerprint density at radius 3 is 2.67 bits per heavy atom. The van der Waals surface area contributed by atoms with Gasteiger partial charge in [-0.3, -0.25) is 9.59 Å². The van der Waals surface area contributed by atoms with Gasteiger partial charge >= 0.3 is 0 Å². The number of hydrogen-bond acceptors (Lipinski definition) is 3. The average molecular weight is 372 g/mol. The monoisotopic (exact) mass is 372 g/mol. The molecule has 0 aromatic heterocycles. The van der Waals surface area contributed by atoms with E-state index in [1.54, 1.807) is 12.1 Å². The molecule has 3 aliphatic rings. The zero-order chi connectivity index (χ0) is 19.0. The van der Waals surface area contributed by atoms with E-state index < -0.39 is 5.82 Å². The van der Waals surface area contributed by atoms with E-state index in [1.165, 1.54) is 12.1 Å². The van der Waals surface area contributed by atoms with Gasteiger partial charge in [0.25, 0.3) is 0 Å².